The van der Waals surface area contributed by atoms with Gasteiger partial charge < -0.3 is 8.98 Å². The monoisotopic (exact) mass is 489 g/mol. The summed E-state index contributed by atoms with van der Waals surface area (Å²) < 4.78 is 8.90. The average molecular weight is 490 g/mol. The number of fused-ring (bicyclic) bond motifs is 4. The second-order valence-corrected chi connectivity index (χ2v) is 9.11. The number of nitrogens with zero attached hydrogens (tertiary/aromatic N) is 3. The molecule has 180 valence electrons. The van der Waals surface area contributed by atoms with Crippen LogP contribution in [-0.2, 0) is 0 Å². The minimum atomic E-state index is 0.773. The van der Waals surface area contributed by atoms with Crippen LogP contribution in [0.5, 0.6) is 0 Å². The maximum absolute atomic E-state index is 6.62. The van der Waals surface area contributed by atoms with E-state index < -0.39 is 0 Å². The smallest absolute Gasteiger partial charge is 0.151 e. The average Bonchev–Trinajstić information content (AvgIpc) is 2.99. The molecule has 7 rings (SSSR count). The third kappa shape index (κ3) is 3.89. The number of aromatic nitrogens is 3. The molecule has 0 unspecified atom stereocenters. The summed E-state index contributed by atoms with van der Waals surface area (Å²) in [5.41, 5.74) is 8.53. The van der Waals surface area contributed by atoms with Crippen molar-refractivity contribution in [3.63, 3.8) is 0 Å². The third-order valence-corrected chi connectivity index (χ3v) is 6.77. The zero-order chi connectivity index (χ0) is 25.3. The molecule has 0 amide bonds. The van der Waals surface area contributed by atoms with Gasteiger partial charge in [0.15, 0.2) is 5.58 Å². The normalized spacial score (nSPS) is 11.2. The molecule has 4 nitrogen and oxygen atoms in total. The SMILES string of the molecule is c1ccc(-c2cccc(-n3c4cc(-c5ccccn5)ccc4oc4ccccc4c4ccccc43)c2)nc1. The van der Waals surface area contributed by atoms with Gasteiger partial charge in [0.2, 0.25) is 0 Å². The fraction of sp³-hybridized carbons (Fsp3) is 0. The van der Waals surface area contributed by atoms with Gasteiger partial charge >= 0.3 is 0 Å². The Morgan fingerprint density at radius 1 is 0.474 bits per heavy atom. The van der Waals surface area contributed by atoms with Gasteiger partial charge in [0.1, 0.15) is 5.58 Å². The van der Waals surface area contributed by atoms with Crippen molar-refractivity contribution in [2.24, 2.45) is 0 Å². The minimum Gasteiger partial charge on any atom is -0.455 e. The Labute approximate surface area is 219 Å². The van der Waals surface area contributed by atoms with Crippen LogP contribution in [0.1, 0.15) is 0 Å². The summed E-state index contributed by atoms with van der Waals surface area (Å²) in [5, 5.41) is 2.15. The zero-order valence-corrected chi connectivity index (χ0v) is 20.5. The largest absolute Gasteiger partial charge is 0.455 e. The van der Waals surface area contributed by atoms with E-state index in [0.717, 1.165) is 61.2 Å². The summed E-state index contributed by atoms with van der Waals surface area (Å²) in [5.74, 6) is 0. The molecule has 0 saturated heterocycles. The molecule has 0 atom stereocenters. The highest BCUT2D eigenvalue weighted by atomic mass is 16.3. The second kappa shape index (κ2) is 9.34. The van der Waals surface area contributed by atoms with E-state index in [1.165, 1.54) is 0 Å². The molecule has 7 aromatic rings. The number of pyridine rings is 2. The number of hydrogen-bond donors (Lipinski definition) is 0. The lowest BCUT2D eigenvalue weighted by Crippen LogP contribution is -2.00. The van der Waals surface area contributed by atoms with Gasteiger partial charge in [-0.3, -0.25) is 9.97 Å². The first-order chi connectivity index (χ1) is 18.8. The molecule has 0 aliphatic heterocycles. The zero-order valence-electron chi connectivity index (χ0n) is 20.5. The van der Waals surface area contributed by atoms with Crippen LogP contribution in [0.3, 0.4) is 0 Å². The van der Waals surface area contributed by atoms with E-state index in [4.69, 9.17) is 4.42 Å². The fourth-order valence-electron chi connectivity index (χ4n) is 5.01. The van der Waals surface area contributed by atoms with E-state index >= 15 is 0 Å². The molecular weight excluding hydrogens is 466 g/mol. The first-order valence-electron chi connectivity index (χ1n) is 12.6. The summed E-state index contributed by atoms with van der Waals surface area (Å²) >= 11 is 0. The van der Waals surface area contributed by atoms with Crippen LogP contribution in [0, 0.1) is 0 Å². The van der Waals surface area contributed by atoms with Crippen LogP contribution in [-0.4, -0.2) is 14.5 Å². The van der Waals surface area contributed by atoms with Crippen molar-refractivity contribution in [2.45, 2.75) is 0 Å². The van der Waals surface area contributed by atoms with Crippen molar-refractivity contribution in [1.29, 1.82) is 0 Å². The van der Waals surface area contributed by atoms with Gasteiger partial charge in [0.25, 0.3) is 0 Å². The van der Waals surface area contributed by atoms with Gasteiger partial charge in [0, 0.05) is 40.0 Å². The van der Waals surface area contributed by atoms with Gasteiger partial charge in [-0.2, -0.15) is 0 Å². The van der Waals surface area contributed by atoms with Gasteiger partial charge in [-0.05, 0) is 66.7 Å². The highest BCUT2D eigenvalue weighted by molar-refractivity contribution is 6.04. The summed E-state index contributed by atoms with van der Waals surface area (Å²) in [7, 11) is 0. The van der Waals surface area contributed by atoms with E-state index in [-0.39, 0.29) is 0 Å². The molecular formula is C34H23N3O. The standard InChI is InChI=1S/C34H23N3O/c1-3-16-31-27(12-1)28-13-2-4-17-33(28)38-34-19-18-25(30-15-6-8-21-36-30)23-32(34)37(31)26-11-9-10-24(22-26)29-14-5-7-20-35-29/h1-23H. The lowest BCUT2D eigenvalue weighted by Gasteiger charge is -2.16. The Balaban J connectivity index is 1.65. The van der Waals surface area contributed by atoms with Crippen LogP contribution in [0.25, 0.3) is 61.2 Å². The second-order valence-electron chi connectivity index (χ2n) is 9.11. The lowest BCUT2D eigenvalue weighted by molar-refractivity contribution is 0.660. The number of para-hydroxylation sites is 2. The van der Waals surface area contributed by atoms with Gasteiger partial charge in [-0.15, -0.1) is 0 Å². The van der Waals surface area contributed by atoms with Crippen molar-refractivity contribution in [3.05, 3.63) is 140 Å². The number of rotatable bonds is 3. The number of hydrogen-bond acceptors (Lipinski definition) is 3. The Morgan fingerprint density at radius 2 is 1.16 bits per heavy atom. The predicted molar refractivity (Wildman–Crippen MR) is 155 cm³/mol. The van der Waals surface area contributed by atoms with Crippen LogP contribution < -0.4 is 0 Å². The first-order valence-corrected chi connectivity index (χ1v) is 12.6. The maximum Gasteiger partial charge on any atom is 0.151 e. The van der Waals surface area contributed by atoms with Gasteiger partial charge in [-0.25, -0.2) is 0 Å². The topological polar surface area (TPSA) is 43.9 Å². The molecule has 0 saturated carbocycles. The highest BCUT2D eigenvalue weighted by Gasteiger charge is 2.12. The Bertz CT molecular complexity index is 1970. The summed E-state index contributed by atoms with van der Waals surface area (Å²) in [6, 6.07) is 43.4. The van der Waals surface area contributed by atoms with E-state index in [1.54, 1.807) is 0 Å². The number of benzene rings is 4. The van der Waals surface area contributed by atoms with Gasteiger partial charge in [0.05, 0.1) is 22.4 Å². The van der Waals surface area contributed by atoms with Crippen molar-refractivity contribution >= 4 is 33.0 Å². The highest BCUT2D eigenvalue weighted by Crippen LogP contribution is 2.32. The fourth-order valence-corrected chi connectivity index (χ4v) is 5.01. The molecule has 0 aliphatic rings. The van der Waals surface area contributed by atoms with E-state index in [2.05, 4.69) is 87.3 Å². The summed E-state index contributed by atoms with van der Waals surface area (Å²) in [6.45, 7) is 0. The van der Waals surface area contributed by atoms with Crippen molar-refractivity contribution < 1.29 is 4.42 Å². The lowest BCUT2D eigenvalue weighted by atomic mass is 10.1. The van der Waals surface area contributed by atoms with Crippen molar-refractivity contribution in [2.75, 3.05) is 0 Å². The first kappa shape index (κ1) is 22.0. The quantitative estimate of drug-likeness (QED) is 0.249. The summed E-state index contributed by atoms with van der Waals surface area (Å²) in [4.78, 5) is 9.19. The van der Waals surface area contributed by atoms with Crippen LogP contribution in [0.15, 0.2) is 144 Å². The molecule has 0 N–H and O–H groups in total. The van der Waals surface area contributed by atoms with Crippen LogP contribution >= 0.6 is 0 Å². The molecule has 4 heteroatoms. The molecule has 3 aromatic heterocycles. The van der Waals surface area contributed by atoms with Crippen LogP contribution in [0.4, 0.5) is 0 Å². The Hall–Kier alpha value is -5.22. The van der Waals surface area contributed by atoms with Crippen molar-refractivity contribution in [3.8, 4) is 28.2 Å². The molecule has 0 fully saturated rings. The molecule has 38 heavy (non-hydrogen) atoms. The van der Waals surface area contributed by atoms with Crippen LogP contribution in [0.2, 0.25) is 0 Å². The van der Waals surface area contributed by atoms with Gasteiger partial charge in [-0.1, -0.05) is 60.7 Å². The molecule has 0 spiro atoms. The molecule has 3 heterocycles. The van der Waals surface area contributed by atoms with Crippen molar-refractivity contribution in [1.82, 2.24) is 14.5 Å². The molecule has 0 radical (unpaired) electrons. The summed E-state index contributed by atoms with van der Waals surface area (Å²) in [6.07, 6.45) is 3.65. The predicted octanol–water partition coefficient (Wildman–Crippen LogP) is 8.78. The Morgan fingerprint density at radius 3 is 1.92 bits per heavy atom. The van der Waals surface area contributed by atoms with E-state index in [9.17, 15) is 0 Å². The third-order valence-electron chi connectivity index (χ3n) is 6.77. The van der Waals surface area contributed by atoms with E-state index in [1.807, 2.05) is 67.0 Å². The Kier molecular flexibility index (Phi) is 5.41. The molecule has 4 aromatic carbocycles. The molecule has 0 aliphatic carbocycles. The van der Waals surface area contributed by atoms with E-state index in [0.29, 0.717) is 0 Å². The minimum absolute atomic E-state index is 0.773. The maximum atomic E-state index is 6.62. The molecule has 0 bridgehead atoms.